The second-order valence-electron chi connectivity index (χ2n) is 4.14. The average Bonchev–Trinajstić information content (AvgIpc) is 2.48. The van der Waals surface area contributed by atoms with E-state index in [0.29, 0.717) is 23.6 Å². The number of benzene rings is 2. The molecule has 2 rings (SSSR count). The van der Waals surface area contributed by atoms with Crippen molar-refractivity contribution in [3.8, 4) is 5.75 Å². The summed E-state index contributed by atoms with van der Waals surface area (Å²) in [6.45, 7) is 0.392. The van der Waals surface area contributed by atoms with E-state index >= 15 is 0 Å². The SMILES string of the molecule is COC(=O)c1ccc(COc2cccc(N)c2Br)cc1. The van der Waals surface area contributed by atoms with Crippen LogP contribution < -0.4 is 10.5 Å². The molecule has 0 aliphatic rings. The van der Waals surface area contributed by atoms with Crippen LogP contribution in [0.2, 0.25) is 0 Å². The van der Waals surface area contributed by atoms with Crippen LogP contribution in [0.25, 0.3) is 0 Å². The first kappa shape index (κ1) is 14.4. The summed E-state index contributed by atoms with van der Waals surface area (Å²) in [6.07, 6.45) is 0. The zero-order chi connectivity index (χ0) is 14.5. The highest BCUT2D eigenvalue weighted by molar-refractivity contribution is 9.10. The summed E-state index contributed by atoms with van der Waals surface area (Å²) in [4.78, 5) is 11.3. The number of nitrogen functional groups attached to an aromatic ring is 1. The van der Waals surface area contributed by atoms with E-state index in [-0.39, 0.29) is 5.97 Å². The topological polar surface area (TPSA) is 61.5 Å². The minimum Gasteiger partial charge on any atom is -0.488 e. The quantitative estimate of drug-likeness (QED) is 0.687. The number of rotatable bonds is 4. The van der Waals surface area contributed by atoms with Crippen LogP contribution in [0.3, 0.4) is 0 Å². The van der Waals surface area contributed by atoms with Gasteiger partial charge in [-0.1, -0.05) is 18.2 Å². The summed E-state index contributed by atoms with van der Waals surface area (Å²) in [6, 6.07) is 12.5. The van der Waals surface area contributed by atoms with E-state index in [1.165, 1.54) is 7.11 Å². The molecule has 0 fully saturated rings. The van der Waals surface area contributed by atoms with Gasteiger partial charge in [0.1, 0.15) is 12.4 Å². The molecule has 0 aliphatic carbocycles. The van der Waals surface area contributed by atoms with Gasteiger partial charge in [0.15, 0.2) is 0 Å². The number of halogens is 1. The van der Waals surface area contributed by atoms with E-state index in [1.807, 2.05) is 24.3 Å². The zero-order valence-electron chi connectivity index (χ0n) is 10.9. The molecule has 0 saturated carbocycles. The highest BCUT2D eigenvalue weighted by atomic mass is 79.9. The molecular weight excluding hydrogens is 322 g/mol. The van der Waals surface area contributed by atoms with Gasteiger partial charge >= 0.3 is 5.97 Å². The van der Waals surface area contributed by atoms with Crippen molar-refractivity contribution in [1.29, 1.82) is 0 Å². The normalized spacial score (nSPS) is 10.1. The van der Waals surface area contributed by atoms with Crippen LogP contribution in [0.5, 0.6) is 5.75 Å². The van der Waals surface area contributed by atoms with Crippen LogP contribution in [-0.2, 0) is 11.3 Å². The van der Waals surface area contributed by atoms with Gasteiger partial charge in [-0.2, -0.15) is 0 Å². The van der Waals surface area contributed by atoms with E-state index in [2.05, 4.69) is 20.7 Å². The number of esters is 1. The smallest absolute Gasteiger partial charge is 0.337 e. The van der Waals surface area contributed by atoms with Crippen molar-refractivity contribution in [3.05, 3.63) is 58.1 Å². The van der Waals surface area contributed by atoms with E-state index in [1.54, 1.807) is 18.2 Å². The van der Waals surface area contributed by atoms with Crippen LogP contribution >= 0.6 is 15.9 Å². The molecule has 0 radical (unpaired) electrons. The summed E-state index contributed by atoms with van der Waals surface area (Å²) >= 11 is 3.38. The fraction of sp³-hybridized carbons (Fsp3) is 0.133. The van der Waals surface area contributed by atoms with Crippen molar-refractivity contribution >= 4 is 27.6 Å². The molecule has 0 heterocycles. The molecule has 0 saturated heterocycles. The Morgan fingerprint density at radius 3 is 2.55 bits per heavy atom. The van der Waals surface area contributed by atoms with Gasteiger partial charge < -0.3 is 15.2 Å². The lowest BCUT2D eigenvalue weighted by Gasteiger charge is -2.10. The Morgan fingerprint density at radius 1 is 1.20 bits per heavy atom. The largest absolute Gasteiger partial charge is 0.488 e. The number of ether oxygens (including phenoxy) is 2. The van der Waals surface area contributed by atoms with Crippen LogP contribution in [0, 0.1) is 0 Å². The van der Waals surface area contributed by atoms with Crippen molar-refractivity contribution in [3.63, 3.8) is 0 Å². The Labute approximate surface area is 125 Å². The molecule has 4 nitrogen and oxygen atoms in total. The Bertz CT molecular complexity index is 611. The van der Waals surface area contributed by atoms with E-state index in [9.17, 15) is 4.79 Å². The van der Waals surface area contributed by atoms with Gasteiger partial charge in [0.2, 0.25) is 0 Å². The fourth-order valence-electron chi connectivity index (χ4n) is 1.66. The monoisotopic (exact) mass is 335 g/mol. The third-order valence-electron chi connectivity index (χ3n) is 2.76. The van der Waals surface area contributed by atoms with Crippen LogP contribution in [-0.4, -0.2) is 13.1 Å². The molecule has 5 heteroatoms. The van der Waals surface area contributed by atoms with E-state index in [0.717, 1.165) is 10.0 Å². The van der Waals surface area contributed by atoms with Crippen molar-refractivity contribution in [2.45, 2.75) is 6.61 Å². The van der Waals surface area contributed by atoms with Gasteiger partial charge in [-0.3, -0.25) is 0 Å². The summed E-state index contributed by atoms with van der Waals surface area (Å²) < 4.78 is 11.1. The number of anilines is 1. The summed E-state index contributed by atoms with van der Waals surface area (Å²) in [5, 5.41) is 0. The molecule has 0 aliphatic heterocycles. The molecule has 104 valence electrons. The van der Waals surface area contributed by atoms with Gasteiger partial charge in [0.25, 0.3) is 0 Å². The Kier molecular flexibility index (Phi) is 4.63. The van der Waals surface area contributed by atoms with Gasteiger partial charge in [0, 0.05) is 5.69 Å². The molecule has 2 aromatic rings. The number of carbonyl (C=O) groups excluding carboxylic acids is 1. The molecule has 20 heavy (non-hydrogen) atoms. The average molecular weight is 336 g/mol. The molecule has 0 spiro atoms. The van der Waals surface area contributed by atoms with Gasteiger partial charge in [-0.15, -0.1) is 0 Å². The summed E-state index contributed by atoms with van der Waals surface area (Å²) in [5.41, 5.74) is 7.87. The Balaban J connectivity index is 2.04. The van der Waals surface area contributed by atoms with Crippen molar-refractivity contribution < 1.29 is 14.3 Å². The Morgan fingerprint density at radius 2 is 1.90 bits per heavy atom. The lowest BCUT2D eigenvalue weighted by atomic mass is 10.1. The van der Waals surface area contributed by atoms with Crippen molar-refractivity contribution in [2.24, 2.45) is 0 Å². The first-order chi connectivity index (χ1) is 9.61. The second kappa shape index (κ2) is 6.43. The second-order valence-corrected chi connectivity index (χ2v) is 4.93. The maximum absolute atomic E-state index is 11.3. The molecular formula is C15H14BrNO3. The summed E-state index contributed by atoms with van der Waals surface area (Å²) in [7, 11) is 1.36. The zero-order valence-corrected chi connectivity index (χ0v) is 12.5. The fourth-order valence-corrected chi connectivity index (χ4v) is 2.03. The molecule has 0 aromatic heterocycles. The van der Waals surface area contributed by atoms with Crippen LogP contribution in [0.4, 0.5) is 5.69 Å². The molecule has 0 atom stereocenters. The van der Waals surface area contributed by atoms with Gasteiger partial charge in [-0.25, -0.2) is 4.79 Å². The standard InChI is InChI=1S/C15H14BrNO3/c1-19-15(18)11-7-5-10(6-8-11)9-20-13-4-2-3-12(17)14(13)16/h2-8H,9,17H2,1H3. The first-order valence-corrected chi connectivity index (χ1v) is 6.75. The lowest BCUT2D eigenvalue weighted by molar-refractivity contribution is 0.0600. The molecule has 0 unspecified atom stereocenters. The third kappa shape index (κ3) is 3.30. The maximum atomic E-state index is 11.3. The highest BCUT2D eigenvalue weighted by Crippen LogP contribution is 2.30. The number of nitrogens with two attached hydrogens (primary N) is 1. The van der Waals surface area contributed by atoms with Gasteiger partial charge in [0.05, 0.1) is 17.1 Å². The van der Waals surface area contributed by atoms with Crippen molar-refractivity contribution in [1.82, 2.24) is 0 Å². The predicted octanol–water partition coefficient (Wildman–Crippen LogP) is 3.40. The van der Waals surface area contributed by atoms with E-state index in [4.69, 9.17) is 10.5 Å². The number of hydrogen-bond donors (Lipinski definition) is 1. The lowest BCUT2D eigenvalue weighted by Crippen LogP contribution is -2.02. The number of methoxy groups -OCH3 is 1. The molecule has 2 N–H and O–H groups in total. The molecule has 0 bridgehead atoms. The maximum Gasteiger partial charge on any atom is 0.337 e. The Hall–Kier alpha value is -2.01. The summed E-state index contributed by atoms with van der Waals surface area (Å²) in [5.74, 6) is 0.332. The highest BCUT2D eigenvalue weighted by Gasteiger charge is 2.06. The van der Waals surface area contributed by atoms with Gasteiger partial charge in [-0.05, 0) is 45.8 Å². The van der Waals surface area contributed by atoms with Crippen molar-refractivity contribution in [2.75, 3.05) is 12.8 Å². The first-order valence-electron chi connectivity index (χ1n) is 5.96. The molecule has 2 aromatic carbocycles. The predicted molar refractivity (Wildman–Crippen MR) is 80.7 cm³/mol. The van der Waals surface area contributed by atoms with Crippen LogP contribution in [0.1, 0.15) is 15.9 Å². The third-order valence-corrected chi connectivity index (χ3v) is 3.61. The minimum absolute atomic E-state index is 0.351. The number of carbonyl (C=O) groups is 1. The molecule has 0 amide bonds. The number of hydrogen-bond acceptors (Lipinski definition) is 4. The minimum atomic E-state index is -0.351. The van der Waals surface area contributed by atoms with Crippen LogP contribution in [0.15, 0.2) is 46.9 Å². The van der Waals surface area contributed by atoms with E-state index < -0.39 is 0 Å².